The number of ether oxygens (including phenoxy) is 1. The van der Waals surface area contributed by atoms with E-state index in [0.717, 1.165) is 44.0 Å². The second-order valence-corrected chi connectivity index (χ2v) is 7.41. The van der Waals surface area contributed by atoms with Gasteiger partial charge in [0.05, 0.1) is 18.2 Å². The molecule has 1 fully saturated rings. The van der Waals surface area contributed by atoms with Crippen molar-refractivity contribution in [1.29, 1.82) is 0 Å². The van der Waals surface area contributed by atoms with Gasteiger partial charge in [0.2, 0.25) is 5.88 Å². The van der Waals surface area contributed by atoms with Crippen LogP contribution in [-0.4, -0.2) is 43.2 Å². The average molecular weight is 515 g/mol. The summed E-state index contributed by atoms with van der Waals surface area (Å²) in [6.07, 6.45) is 4.01. The maximum absolute atomic E-state index is 5.47. The van der Waals surface area contributed by atoms with Gasteiger partial charge in [-0.1, -0.05) is 0 Å². The number of thiophene rings is 1. The van der Waals surface area contributed by atoms with E-state index < -0.39 is 0 Å². The van der Waals surface area contributed by atoms with Crippen LogP contribution in [0.5, 0.6) is 5.88 Å². The van der Waals surface area contributed by atoms with Crippen LogP contribution in [-0.2, 0) is 6.54 Å². The predicted molar refractivity (Wildman–Crippen MR) is 128 cm³/mol. The van der Waals surface area contributed by atoms with Crippen LogP contribution in [0.1, 0.15) is 32.3 Å². The Labute approximate surface area is 188 Å². The Balaban J connectivity index is 0.00000280. The number of nitrogens with one attached hydrogen (secondary N) is 2. The van der Waals surface area contributed by atoms with Crippen LogP contribution in [0.4, 0.5) is 5.00 Å². The van der Waals surface area contributed by atoms with Gasteiger partial charge in [0.25, 0.3) is 0 Å². The van der Waals surface area contributed by atoms with Crippen molar-refractivity contribution in [3.05, 3.63) is 41.4 Å². The van der Waals surface area contributed by atoms with Crippen molar-refractivity contribution >= 4 is 46.3 Å². The van der Waals surface area contributed by atoms with E-state index >= 15 is 0 Å². The average Bonchev–Trinajstić information content (AvgIpc) is 3.22. The molecular formula is C20H30IN5OS. The first-order chi connectivity index (χ1) is 13.3. The highest BCUT2D eigenvalue weighted by molar-refractivity contribution is 14.0. The number of rotatable bonds is 7. The minimum Gasteiger partial charge on any atom is -0.478 e. The Morgan fingerprint density at radius 2 is 2.14 bits per heavy atom. The Morgan fingerprint density at radius 1 is 1.32 bits per heavy atom. The molecule has 8 heteroatoms. The lowest BCUT2D eigenvalue weighted by molar-refractivity contribution is 0.326. The highest BCUT2D eigenvalue weighted by Crippen LogP contribution is 2.24. The number of hydrogen-bond donors (Lipinski definition) is 2. The topological polar surface area (TPSA) is 61.8 Å². The fourth-order valence-electron chi connectivity index (χ4n) is 3.15. The molecular weight excluding hydrogens is 485 g/mol. The normalized spacial score (nSPS) is 15.1. The molecule has 0 spiro atoms. The minimum atomic E-state index is 0. The number of aromatic nitrogens is 1. The summed E-state index contributed by atoms with van der Waals surface area (Å²) in [5, 5.41) is 10.5. The van der Waals surface area contributed by atoms with Crippen molar-refractivity contribution in [3.8, 4) is 5.88 Å². The van der Waals surface area contributed by atoms with Crippen molar-refractivity contribution in [3.63, 3.8) is 0 Å². The summed E-state index contributed by atoms with van der Waals surface area (Å²) in [5.74, 6) is 1.53. The van der Waals surface area contributed by atoms with Crippen molar-refractivity contribution in [2.45, 2.75) is 39.3 Å². The van der Waals surface area contributed by atoms with Gasteiger partial charge in [-0.25, -0.2) is 9.98 Å². The van der Waals surface area contributed by atoms with E-state index in [1.807, 2.05) is 30.4 Å². The number of halogens is 1. The van der Waals surface area contributed by atoms with E-state index in [2.05, 4.69) is 45.0 Å². The SMILES string of the molecule is CCNC(=NCc1ccnc(OCC)c1)NC1CCN(c2cccs2)CC1.I. The molecule has 3 rings (SSSR count). The summed E-state index contributed by atoms with van der Waals surface area (Å²) < 4.78 is 5.47. The Morgan fingerprint density at radius 3 is 2.82 bits per heavy atom. The van der Waals surface area contributed by atoms with E-state index in [1.165, 1.54) is 5.00 Å². The second-order valence-electron chi connectivity index (χ2n) is 6.49. The maximum atomic E-state index is 5.47. The van der Waals surface area contributed by atoms with Gasteiger partial charge in [-0.2, -0.15) is 0 Å². The third kappa shape index (κ3) is 6.80. The van der Waals surface area contributed by atoms with Crippen LogP contribution in [0.2, 0.25) is 0 Å². The third-order valence-electron chi connectivity index (χ3n) is 4.51. The molecule has 0 aromatic carbocycles. The van der Waals surface area contributed by atoms with Crippen molar-refractivity contribution in [1.82, 2.24) is 15.6 Å². The molecule has 0 bridgehead atoms. The summed E-state index contributed by atoms with van der Waals surface area (Å²) in [6.45, 7) is 8.29. The molecule has 2 N–H and O–H groups in total. The van der Waals surface area contributed by atoms with Gasteiger partial charge in [0, 0.05) is 37.9 Å². The van der Waals surface area contributed by atoms with Crippen LogP contribution >= 0.6 is 35.3 Å². The maximum Gasteiger partial charge on any atom is 0.213 e. The van der Waals surface area contributed by atoms with Gasteiger partial charge in [0.15, 0.2) is 5.96 Å². The molecule has 28 heavy (non-hydrogen) atoms. The number of pyridine rings is 1. The lowest BCUT2D eigenvalue weighted by Gasteiger charge is -2.33. The molecule has 0 saturated carbocycles. The second kappa shape index (κ2) is 12.1. The van der Waals surface area contributed by atoms with Crippen molar-refractivity contribution in [2.75, 3.05) is 31.1 Å². The number of hydrogen-bond acceptors (Lipinski definition) is 5. The molecule has 2 aromatic rings. The largest absolute Gasteiger partial charge is 0.478 e. The number of nitrogens with zero attached hydrogens (tertiary/aromatic N) is 3. The summed E-state index contributed by atoms with van der Waals surface area (Å²) >= 11 is 1.82. The molecule has 6 nitrogen and oxygen atoms in total. The zero-order chi connectivity index (χ0) is 18.9. The number of piperidine rings is 1. The van der Waals surface area contributed by atoms with E-state index in [-0.39, 0.29) is 24.0 Å². The van der Waals surface area contributed by atoms with Crippen LogP contribution in [0, 0.1) is 0 Å². The third-order valence-corrected chi connectivity index (χ3v) is 5.44. The smallest absolute Gasteiger partial charge is 0.213 e. The first-order valence-corrected chi connectivity index (χ1v) is 10.6. The number of anilines is 1. The van der Waals surface area contributed by atoms with E-state index in [9.17, 15) is 0 Å². The first kappa shape index (κ1) is 22.7. The molecule has 0 radical (unpaired) electrons. The minimum absolute atomic E-state index is 0. The van der Waals surface area contributed by atoms with Gasteiger partial charge in [-0.3, -0.25) is 0 Å². The highest BCUT2D eigenvalue weighted by atomic mass is 127. The molecule has 2 aromatic heterocycles. The Bertz CT molecular complexity index is 717. The predicted octanol–water partition coefficient (Wildman–Crippen LogP) is 3.88. The van der Waals surface area contributed by atoms with Crippen LogP contribution in [0.3, 0.4) is 0 Å². The quantitative estimate of drug-likeness (QED) is 0.333. The fourth-order valence-corrected chi connectivity index (χ4v) is 3.94. The number of aliphatic imine (C=N–C) groups is 1. The van der Waals surface area contributed by atoms with Gasteiger partial charge < -0.3 is 20.3 Å². The van der Waals surface area contributed by atoms with Gasteiger partial charge in [-0.05, 0) is 55.8 Å². The van der Waals surface area contributed by atoms with Gasteiger partial charge >= 0.3 is 0 Å². The first-order valence-electron chi connectivity index (χ1n) is 9.69. The van der Waals surface area contributed by atoms with Crippen LogP contribution in [0.15, 0.2) is 40.8 Å². The lowest BCUT2D eigenvalue weighted by Crippen LogP contribution is -2.48. The van der Waals surface area contributed by atoms with Crippen LogP contribution in [0.25, 0.3) is 0 Å². The van der Waals surface area contributed by atoms with E-state index in [4.69, 9.17) is 9.73 Å². The summed E-state index contributed by atoms with van der Waals surface area (Å²) in [5.41, 5.74) is 1.10. The van der Waals surface area contributed by atoms with Crippen LogP contribution < -0.4 is 20.3 Å². The molecule has 0 amide bonds. The Kier molecular flexibility index (Phi) is 9.83. The molecule has 0 aliphatic carbocycles. The molecule has 1 aliphatic heterocycles. The molecule has 1 saturated heterocycles. The van der Waals surface area contributed by atoms with E-state index in [0.29, 0.717) is 25.1 Å². The monoisotopic (exact) mass is 515 g/mol. The molecule has 0 unspecified atom stereocenters. The molecule has 1 aliphatic rings. The summed E-state index contributed by atoms with van der Waals surface area (Å²) in [6, 6.07) is 8.71. The van der Waals surface area contributed by atoms with Crippen molar-refractivity contribution < 1.29 is 4.74 Å². The zero-order valence-corrected chi connectivity index (χ0v) is 19.7. The zero-order valence-electron chi connectivity index (χ0n) is 16.6. The number of guanidine groups is 1. The fraction of sp³-hybridized carbons (Fsp3) is 0.500. The molecule has 0 atom stereocenters. The van der Waals surface area contributed by atoms with Gasteiger partial charge in [0.1, 0.15) is 0 Å². The van der Waals surface area contributed by atoms with Gasteiger partial charge in [-0.15, -0.1) is 35.3 Å². The summed E-state index contributed by atoms with van der Waals surface area (Å²) in [7, 11) is 0. The highest BCUT2D eigenvalue weighted by Gasteiger charge is 2.20. The lowest BCUT2D eigenvalue weighted by atomic mass is 10.1. The molecule has 154 valence electrons. The van der Waals surface area contributed by atoms with E-state index in [1.54, 1.807) is 6.20 Å². The standard InChI is InChI=1S/C20H29N5OS.HI/c1-3-21-20(23-15-16-7-10-22-18(14-16)26-4-2)24-17-8-11-25(12-9-17)19-6-5-13-27-19;/h5-7,10,13-14,17H,3-4,8-9,11-12,15H2,1-2H3,(H2,21,23,24);1H. The Hall–Kier alpha value is -1.55. The summed E-state index contributed by atoms with van der Waals surface area (Å²) in [4.78, 5) is 11.4. The molecule has 3 heterocycles. The van der Waals surface area contributed by atoms with Crippen molar-refractivity contribution in [2.24, 2.45) is 4.99 Å².